The van der Waals surface area contributed by atoms with E-state index in [4.69, 9.17) is 4.74 Å². The summed E-state index contributed by atoms with van der Waals surface area (Å²) in [6, 6.07) is 1.91. The SMILES string of the molecule is COC(C)CCC(O)c1cnccc1C. The molecule has 0 saturated carbocycles. The third kappa shape index (κ3) is 3.61. The van der Waals surface area contributed by atoms with E-state index in [1.807, 2.05) is 19.9 Å². The molecular weight excluding hydrogens is 190 g/mol. The molecule has 0 fully saturated rings. The van der Waals surface area contributed by atoms with E-state index in [2.05, 4.69) is 4.98 Å². The molecule has 0 aromatic carbocycles. The molecular formula is C12H19NO2. The molecule has 0 saturated heterocycles. The van der Waals surface area contributed by atoms with Gasteiger partial charge in [0.1, 0.15) is 0 Å². The molecule has 3 nitrogen and oxygen atoms in total. The van der Waals surface area contributed by atoms with Gasteiger partial charge in [0.05, 0.1) is 12.2 Å². The minimum absolute atomic E-state index is 0.191. The highest BCUT2D eigenvalue weighted by Crippen LogP contribution is 2.21. The summed E-state index contributed by atoms with van der Waals surface area (Å²) in [5, 5.41) is 9.95. The maximum absolute atomic E-state index is 9.95. The lowest BCUT2D eigenvalue weighted by Gasteiger charge is -2.15. The normalized spacial score (nSPS) is 14.9. The highest BCUT2D eigenvalue weighted by atomic mass is 16.5. The van der Waals surface area contributed by atoms with Crippen LogP contribution >= 0.6 is 0 Å². The lowest BCUT2D eigenvalue weighted by Crippen LogP contribution is -2.08. The summed E-state index contributed by atoms with van der Waals surface area (Å²) >= 11 is 0. The van der Waals surface area contributed by atoms with Gasteiger partial charge in [-0.2, -0.15) is 0 Å². The molecule has 1 heterocycles. The van der Waals surface area contributed by atoms with Crippen molar-refractivity contribution < 1.29 is 9.84 Å². The Kier molecular flexibility index (Phi) is 4.72. The zero-order valence-corrected chi connectivity index (χ0v) is 9.60. The first-order valence-corrected chi connectivity index (χ1v) is 5.26. The molecule has 0 spiro atoms. The van der Waals surface area contributed by atoms with Crippen molar-refractivity contribution in [2.24, 2.45) is 0 Å². The minimum Gasteiger partial charge on any atom is -0.388 e. The van der Waals surface area contributed by atoms with Gasteiger partial charge in [0.15, 0.2) is 0 Å². The van der Waals surface area contributed by atoms with Crippen LogP contribution in [0.5, 0.6) is 0 Å². The number of methoxy groups -OCH3 is 1. The van der Waals surface area contributed by atoms with Crippen LogP contribution in [0.25, 0.3) is 0 Å². The highest BCUT2D eigenvalue weighted by Gasteiger charge is 2.11. The van der Waals surface area contributed by atoms with Crippen molar-refractivity contribution in [3.8, 4) is 0 Å². The van der Waals surface area contributed by atoms with Gasteiger partial charge in [-0.25, -0.2) is 0 Å². The van der Waals surface area contributed by atoms with E-state index in [0.29, 0.717) is 6.42 Å². The number of rotatable bonds is 5. The molecule has 1 rings (SSSR count). The number of aliphatic hydroxyl groups excluding tert-OH is 1. The summed E-state index contributed by atoms with van der Waals surface area (Å²) in [6.45, 7) is 3.99. The monoisotopic (exact) mass is 209 g/mol. The van der Waals surface area contributed by atoms with Crippen LogP contribution < -0.4 is 0 Å². The quantitative estimate of drug-likeness (QED) is 0.808. The molecule has 0 aliphatic carbocycles. The van der Waals surface area contributed by atoms with Crippen LogP contribution in [0.2, 0.25) is 0 Å². The Morgan fingerprint density at radius 3 is 2.80 bits per heavy atom. The standard InChI is InChI=1S/C12H19NO2/c1-9-6-7-13-8-11(9)12(14)5-4-10(2)15-3/h6-8,10,12,14H,4-5H2,1-3H3. The van der Waals surface area contributed by atoms with E-state index in [-0.39, 0.29) is 6.10 Å². The molecule has 3 heteroatoms. The molecule has 84 valence electrons. The highest BCUT2D eigenvalue weighted by molar-refractivity contribution is 5.23. The van der Waals surface area contributed by atoms with Gasteiger partial charge >= 0.3 is 0 Å². The number of hydrogen-bond donors (Lipinski definition) is 1. The lowest BCUT2D eigenvalue weighted by atomic mass is 10.0. The van der Waals surface area contributed by atoms with E-state index in [9.17, 15) is 5.11 Å². The zero-order chi connectivity index (χ0) is 11.3. The van der Waals surface area contributed by atoms with Crippen molar-refractivity contribution >= 4 is 0 Å². The van der Waals surface area contributed by atoms with E-state index in [1.54, 1.807) is 19.5 Å². The summed E-state index contributed by atoms with van der Waals surface area (Å²) in [7, 11) is 1.69. The fourth-order valence-corrected chi connectivity index (χ4v) is 1.49. The molecule has 1 N–H and O–H groups in total. The van der Waals surface area contributed by atoms with E-state index in [0.717, 1.165) is 17.5 Å². The van der Waals surface area contributed by atoms with Crippen LogP contribution in [0.15, 0.2) is 18.5 Å². The topological polar surface area (TPSA) is 42.4 Å². The smallest absolute Gasteiger partial charge is 0.0808 e. The van der Waals surface area contributed by atoms with Crippen LogP contribution in [-0.2, 0) is 4.74 Å². The Bertz CT molecular complexity index is 301. The molecule has 2 unspecified atom stereocenters. The van der Waals surface area contributed by atoms with Crippen molar-refractivity contribution in [3.05, 3.63) is 29.6 Å². The maximum atomic E-state index is 9.95. The first kappa shape index (κ1) is 12.1. The van der Waals surface area contributed by atoms with Gasteiger partial charge in [-0.1, -0.05) is 0 Å². The van der Waals surface area contributed by atoms with E-state index >= 15 is 0 Å². The van der Waals surface area contributed by atoms with Gasteiger partial charge in [0, 0.05) is 25.1 Å². The largest absolute Gasteiger partial charge is 0.388 e. The molecule has 0 aliphatic heterocycles. The Balaban J connectivity index is 2.54. The second-order valence-electron chi connectivity index (χ2n) is 3.87. The average Bonchev–Trinajstić information content (AvgIpc) is 2.26. The summed E-state index contributed by atoms with van der Waals surface area (Å²) in [6.07, 6.45) is 4.79. The van der Waals surface area contributed by atoms with Crippen molar-refractivity contribution in [2.45, 2.75) is 38.9 Å². The molecule has 1 aromatic heterocycles. The second-order valence-corrected chi connectivity index (χ2v) is 3.87. The van der Waals surface area contributed by atoms with Gasteiger partial charge in [-0.05, 0) is 38.3 Å². The summed E-state index contributed by atoms with van der Waals surface area (Å²) < 4.78 is 5.14. The van der Waals surface area contributed by atoms with Crippen molar-refractivity contribution in [1.82, 2.24) is 4.98 Å². The number of aromatic nitrogens is 1. The number of aryl methyl sites for hydroxylation is 1. The maximum Gasteiger partial charge on any atom is 0.0808 e. The number of aliphatic hydroxyl groups is 1. The molecule has 0 amide bonds. The summed E-state index contributed by atoms with van der Waals surface area (Å²) in [4.78, 5) is 4.02. The third-order valence-electron chi connectivity index (χ3n) is 2.69. The molecule has 1 aromatic rings. The fraction of sp³-hybridized carbons (Fsp3) is 0.583. The van der Waals surface area contributed by atoms with Gasteiger partial charge in [0.2, 0.25) is 0 Å². The van der Waals surface area contributed by atoms with Gasteiger partial charge in [-0.3, -0.25) is 4.98 Å². The molecule has 2 atom stereocenters. The number of ether oxygens (including phenoxy) is 1. The van der Waals surface area contributed by atoms with E-state index < -0.39 is 6.10 Å². The van der Waals surface area contributed by atoms with Crippen LogP contribution in [0.4, 0.5) is 0 Å². The van der Waals surface area contributed by atoms with Gasteiger partial charge in [0.25, 0.3) is 0 Å². The Hall–Kier alpha value is -0.930. The van der Waals surface area contributed by atoms with Crippen LogP contribution in [-0.4, -0.2) is 23.3 Å². The second kappa shape index (κ2) is 5.83. The van der Waals surface area contributed by atoms with Gasteiger partial charge in [-0.15, -0.1) is 0 Å². The molecule has 0 radical (unpaired) electrons. The number of pyridine rings is 1. The summed E-state index contributed by atoms with van der Waals surface area (Å²) in [5.74, 6) is 0. The Labute approximate surface area is 91.1 Å². The third-order valence-corrected chi connectivity index (χ3v) is 2.69. The molecule has 0 aliphatic rings. The van der Waals surface area contributed by atoms with Crippen LogP contribution in [0.1, 0.15) is 37.0 Å². The zero-order valence-electron chi connectivity index (χ0n) is 9.60. The van der Waals surface area contributed by atoms with E-state index in [1.165, 1.54) is 0 Å². The van der Waals surface area contributed by atoms with Gasteiger partial charge < -0.3 is 9.84 Å². The molecule has 0 bridgehead atoms. The lowest BCUT2D eigenvalue weighted by molar-refractivity contribution is 0.0848. The van der Waals surface area contributed by atoms with Crippen molar-refractivity contribution in [2.75, 3.05) is 7.11 Å². The Morgan fingerprint density at radius 1 is 1.47 bits per heavy atom. The average molecular weight is 209 g/mol. The minimum atomic E-state index is -0.434. The number of nitrogens with zero attached hydrogens (tertiary/aromatic N) is 1. The predicted molar refractivity (Wildman–Crippen MR) is 59.6 cm³/mol. The van der Waals surface area contributed by atoms with Crippen molar-refractivity contribution in [1.29, 1.82) is 0 Å². The number of hydrogen-bond acceptors (Lipinski definition) is 3. The predicted octanol–water partition coefficient (Wildman–Crippen LogP) is 2.24. The van der Waals surface area contributed by atoms with Crippen molar-refractivity contribution in [3.63, 3.8) is 0 Å². The molecule has 15 heavy (non-hydrogen) atoms. The fourth-order valence-electron chi connectivity index (χ4n) is 1.49. The first-order valence-electron chi connectivity index (χ1n) is 5.26. The summed E-state index contributed by atoms with van der Waals surface area (Å²) in [5.41, 5.74) is 2.00. The van der Waals surface area contributed by atoms with Crippen LogP contribution in [0, 0.1) is 6.92 Å². The Morgan fingerprint density at radius 2 is 2.20 bits per heavy atom. The first-order chi connectivity index (χ1) is 7.15. The van der Waals surface area contributed by atoms with Crippen LogP contribution in [0.3, 0.4) is 0 Å².